The fourth-order valence-electron chi connectivity index (χ4n) is 2.04. The Morgan fingerprint density at radius 2 is 1.76 bits per heavy atom. The van der Waals surface area contributed by atoms with E-state index >= 15 is 0 Å². The van der Waals surface area contributed by atoms with Crippen molar-refractivity contribution in [3.8, 4) is 11.5 Å². The van der Waals surface area contributed by atoms with E-state index in [1.165, 1.54) is 0 Å². The molecule has 3 rings (SSSR count). The maximum absolute atomic E-state index is 11.0. The van der Waals surface area contributed by atoms with Gasteiger partial charge in [-0.25, -0.2) is 0 Å². The molecule has 0 aromatic heterocycles. The van der Waals surface area contributed by atoms with Crippen LogP contribution < -0.4 is 10.5 Å². The molecule has 21 heavy (non-hydrogen) atoms. The number of carbonyl (C=O) groups is 1. The highest BCUT2D eigenvalue weighted by Gasteiger charge is 2.26. The third-order valence-corrected chi connectivity index (χ3v) is 3.15. The Morgan fingerprint density at radius 3 is 2.38 bits per heavy atom. The third-order valence-electron chi connectivity index (χ3n) is 3.15. The molecule has 0 radical (unpaired) electrons. The first-order chi connectivity index (χ1) is 10.2. The number of benzene rings is 2. The summed E-state index contributed by atoms with van der Waals surface area (Å²) in [7, 11) is 0. The van der Waals surface area contributed by atoms with Crippen LogP contribution in [0.5, 0.6) is 11.5 Å². The number of oxime groups is 1. The minimum atomic E-state index is -0.666. The van der Waals surface area contributed by atoms with E-state index in [2.05, 4.69) is 5.16 Å². The van der Waals surface area contributed by atoms with Crippen LogP contribution in [0.4, 0.5) is 0 Å². The smallest absolute Gasteiger partial charge is 0.261 e. The molecule has 106 valence electrons. The van der Waals surface area contributed by atoms with Gasteiger partial charge in [-0.1, -0.05) is 23.4 Å². The van der Waals surface area contributed by atoms with Gasteiger partial charge in [-0.2, -0.15) is 0 Å². The van der Waals surface area contributed by atoms with Crippen LogP contribution in [0.1, 0.15) is 12.0 Å². The molecular weight excluding hydrogens is 268 g/mol. The topological polar surface area (TPSA) is 73.9 Å². The van der Waals surface area contributed by atoms with Crippen molar-refractivity contribution in [2.24, 2.45) is 10.9 Å². The maximum atomic E-state index is 11.0. The zero-order valence-electron chi connectivity index (χ0n) is 11.2. The Labute approximate surface area is 122 Å². The van der Waals surface area contributed by atoms with Gasteiger partial charge in [0.05, 0.1) is 5.71 Å². The number of carbonyl (C=O) groups excluding carboxylic acids is 1. The summed E-state index contributed by atoms with van der Waals surface area (Å²) in [5, 5.41) is 3.90. The van der Waals surface area contributed by atoms with E-state index in [-0.39, 0.29) is 0 Å². The molecule has 5 nitrogen and oxygen atoms in total. The molecule has 0 bridgehead atoms. The summed E-state index contributed by atoms with van der Waals surface area (Å²) in [6.07, 6.45) is -0.269. The average molecular weight is 282 g/mol. The lowest BCUT2D eigenvalue weighted by molar-refractivity contribution is -0.127. The molecule has 2 N–H and O–H groups in total. The van der Waals surface area contributed by atoms with Crippen molar-refractivity contribution >= 4 is 11.6 Å². The van der Waals surface area contributed by atoms with Crippen molar-refractivity contribution in [3.05, 3.63) is 60.2 Å². The largest absolute Gasteiger partial charge is 0.457 e. The molecule has 0 spiro atoms. The van der Waals surface area contributed by atoms with Gasteiger partial charge in [-0.05, 0) is 42.0 Å². The van der Waals surface area contributed by atoms with Crippen LogP contribution in [0.25, 0.3) is 0 Å². The Kier molecular flexibility index (Phi) is 3.55. The number of ether oxygens (including phenoxy) is 1. The lowest BCUT2D eigenvalue weighted by Crippen LogP contribution is -2.28. The number of rotatable bonds is 4. The molecule has 1 unspecified atom stereocenters. The highest BCUT2D eigenvalue weighted by Crippen LogP contribution is 2.23. The lowest BCUT2D eigenvalue weighted by atomic mass is 10.0. The summed E-state index contributed by atoms with van der Waals surface area (Å²) in [4.78, 5) is 16.0. The Morgan fingerprint density at radius 1 is 1.10 bits per heavy atom. The van der Waals surface area contributed by atoms with Crippen LogP contribution in [0.3, 0.4) is 0 Å². The van der Waals surface area contributed by atoms with Gasteiger partial charge in [0, 0.05) is 6.42 Å². The molecule has 0 saturated heterocycles. The predicted octanol–water partition coefficient (Wildman–Crippen LogP) is 2.46. The van der Waals surface area contributed by atoms with Crippen molar-refractivity contribution in [3.63, 3.8) is 0 Å². The van der Waals surface area contributed by atoms with E-state index in [1.54, 1.807) is 0 Å². The third kappa shape index (κ3) is 3.02. The van der Waals surface area contributed by atoms with Crippen molar-refractivity contribution < 1.29 is 14.4 Å². The van der Waals surface area contributed by atoms with Crippen LogP contribution >= 0.6 is 0 Å². The number of nitrogens with two attached hydrogens (primary N) is 1. The van der Waals surface area contributed by atoms with Gasteiger partial charge in [-0.15, -0.1) is 0 Å². The van der Waals surface area contributed by atoms with Crippen LogP contribution in [-0.4, -0.2) is 17.7 Å². The second-order valence-corrected chi connectivity index (χ2v) is 4.68. The van der Waals surface area contributed by atoms with Crippen molar-refractivity contribution in [2.75, 3.05) is 0 Å². The second-order valence-electron chi connectivity index (χ2n) is 4.68. The standard InChI is InChI=1S/C16H14N2O3/c17-16(19)15-10-14(18-21-15)11-6-8-13(9-7-11)20-12-4-2-1-3-5-12/h1-9,15H,10H2,(H2,17,19). The van der Waals surface area contributed by atoms with E-state index in [0.29, 0.717) is 12.1 Å². The minimum absolute atomic E-state index is 0.397. The fraction of sp³-hybridized carbons (Fsp3) is 0.125. The fourth-order valence-corrected chi connectivity index (χ4v) is 2.04. The highest BCUT2D eigenvalue weighted by atomic mass is 16.6. The Bertz CT molecular complexity index is 666. The van der Waals surface area contributed by atoms with Gasteiger partial charge in [-0.3, -0.25) is 4.79 Å². The van der Waals surface area contributed by atoms with Crippen LogP contribution in [0.2, 0.25) is 0 Å². The van der Waals surface area contributed by atoms with Crippen molar-refractivity contribution in [2.45, 2.75) is 12.5 Å². The molecule has 0 fully saturated rings. The van der Waals surface area contributed by atoms with Crippen molar-refractivity contribution in [1.82, 2.24) is 0 Å². The molecule has 0 saturated carbocycles. The van der Waals surface area contributed by atoms with Gasteiger partial charge >= 0.3 is 0 Å². The number of hydrogen-bond acceptors (Lipinski definition) is 4. The molecule has 1 amide bonds. The van der Waals surface area contributed by atoms with Gasteiger partial charge in [0.2, 0.25) is 6.10 Å². The summed E-state index contributed by atoms with van der Waals surface area (Å²) in [6.45, 7) is 0. The zero-order valence-corrected chi connectivity index (χ0v) is 11.2. The zero-order chi connectivity index (χ0) is 14.7. The van der Waals surface area contributed by atoms with Crippen LogP contribution in [0.15, 0.2) is 59.8 Å². The quantitative estimate of drug-likeness (QED) is 0.936. The first-order valence-corrected chi connectivity index (χ1v) is 6.58. The van der Waals surface area contributed by atoms with Gasteiger partial charge in [0.15, 0.2) is 0 Å². The molecule has 5 heteroatoms. The second kappa shape index (κ2) is 5.66. The van der Waals surface area contributed by atoms with Gasteiger partial charge in [0.1, 0.15) is 11.5 Å². The molecule has 2 aromatic carbocycles. The summed E-state index contributed by atoms with van der Waals surface area (Å²) in [6, 6.07) is 17.0. The molecule has 1 aliphatic heterocycles. The van der Waals surface area contributed by atoms with Crippen molar-refractivity contribution in [1.29, 1.82) is 0 Å². The molecule has 1 aliphatic rings. The molecule has 1 atom stereocenters. The monoisotopic (exact) mass is 282 g/mol. The number of para-hydroxylation sites is 1. The van der Waals surface area contributed by atoms with E-state index in [9.17, 15) is 4.79 Å². The lowest BCUT2D eigenvalue weighted by Gasteiger charge is -2.06. The molecular formula is C16H14N2O3. The Balaban J connectivity index is 1.69. The molecule has 0 aliphatic carbocycles. The average Bonchev–Trinajstić information content (AvgIpc) is 2.99. The number of primary amides is 1. The number of amides is 1. The highest BCUT2D eigenvalue weighted by molar-refractivity contribution is 6.03. The Hall–Kier alpha value is -2.82. The SMILES string of the molecule is NC(=O)C1CC(c2ccc(Oc3ccccc3)cc2)=NO1. The van der Waals surface area contributed by atoms with E-state index < -0.39 is 12.0 Å². The summed E-state index contributed by atoms with van der Waals surface area (Å²) < 4.78 is 5.71. The summed E-state index contributed by atoms with van der Waals surface area (Å²) in [5.74, 6) is 1.01. The summed E-state index contributed by atoms with van der Waals surface area (Å²) in [5.41, 5.74) is 6.79. The maximum Gasteiger partial charge on any atom is 0.261 e. The molecule has 2 aromatic rings. The van der Waals surface area contributed by atoms with E-state index in [0.717, 1.165) is 17.1 Å². The van der Waals surface area contributed by atoms with E-state index in [4.69, 9.17) is 15.3 Å². The predicted molar refractivity (Wildman–Crippen MR) is 78.2 cm³/mol. The first kappa shape index (κ1) is 13.2. The molecule has 1 heterocycles. The van der Waals surface area contributed by atoms with Crippen LogP contribution in [-0.2, 0) is 9.63 Å². The van der Waals surface area contributed by atoms with E-state index in [1.807, 2.05) is 54.6 Å². The minimum Gasteiger partial charge on any atom is -0.457 e. The number of hydrogen-bond donors (Lipinski definition) is 1. The van der Waals surface area contributed by atoms with Gasteiger partial charge < -0.3 is 15.3 Å². The number of nitrogens with zero attached hydrogens (tertiary/aromatic N) is 1. The van der Waals surface area contributed by atoms with Crippen LogP contribution in [0, 0.1) is 0 Å². The van der Waals surface area contributed by atoms with Gasteiger partial charge in [0.25, 0.3) is 5.91 Å². The normalized spacial score (nSPS) is 17.0. The first-order valence-electron chi connectivity index (χ1n) is 6.58. The summed E-state index contributed by atoms with van der Waals surface area (Å²) >= 11 is 0.